The quantitative estimate of drug-likeness (QED) is 0.811. The van der Waals surface area contributed by atoms with E-state index in [0.29, 0.717) is 30.3 Å². The first-order chi connectivity index (χ1) is 10.1. The summed E-state index contributed by atoms with van der Waals surface area (Å²) >= 11 is 0. The van der Waals surface area contributed by atoms with Crippen molar-refractivity contribution >= 4 is 29.8 Å². The molecule has 0 spiro atoms. The van der Waals surface area contributed by atoms with Crippen molar-refractivity contribution in [3.8, 4) is 0 Å². The summed E-state index contributed by atoms with van der Waals surface area (Å²) in [6.07, 6.45) is 2.24. The molecule has 6 heteroatoms. The lowest BCUT2D eigenvalue weighted by molar-refractivity contribution is -0.117. The maximum atomic E-state index is 12.1. The van der Waals surface area contributed by atoms with Gasteiger partial charge in [-0.05, 0) is 50.9 Å². The maximum absolute atomic E-state index is 12.1. The zero-order chi connectivity index (χ0) is 15.2. The van der Waals surface area contributed by atoms with E-state index >= 15 is 0 Å². The lowest BCUT2D eigenvalue weighted by Crippen LogP contribution is -2.42. The van der Waals surface area contributed by atoms with Crippen molar-refractivity contribution in [2.75, 3.05) is 31.5 Å². The molecule has 1 aromatic carbocycles. The third-order valence-corrected chi connectivity index (χ3v) is 3.86. The fraction of sp³-hybridized carbons (Fsp3) is 0.500. The molecule has 0 aromatic heterocycles. The first-order valence-electron chi connectivity index (χ1n) is 7.41. The van der Waals surface area contributed by atoms with Crippen molar-refractivity contribution in [1.29, 1.82) is 0 Å². The topological polar surface area (TPSA) is 75.4 Å². The summed E-state index contributed by atoms with van der Waals surface area (Å²) in [6.45, 7) is 4.40. The van der Waals surface area contributed by atoms with Crippen molar-refractivity contribution in [3.05, 3.63) is 29.8 Å². The third-order valence-electron chi connectivity index (χ3n) is 3.86. The Labute approximate surface area is 137 Å². The van der Waals surface area contributed by atoms with Crippen LogP contribution in [0.2, 0.25) is 0 Å². The number of carbonyl (C=O) groups excluding carboxylic acids is 2. The summed E-state index contributed by atoms with van der Waals surface area (Å²) in [5.74, 6) is 0.439. The minimum Gasteiger partial charge on any atom is -0.330 e. The summed E-state index contributed by atoms with van der Waals surface area (Å²) in [5, 5.41) is 2.85. The molecular weight excluding hydrogens is 302 g/mol. The molecule has 1 atom stereocenters. The SMILES string of the molecule is CC(=O)c1cccc(NC(=O)CN2CCCC(CN)C2)c1.Cl. The van der Waals surface area contributed by atoms with Gasteiger partial charge < -0.3 is 11.1 Å². The number of amides is 1. The number of nitrogens with two attached hydrogens (primary N) is 1. The maximum Gasteiger partial charge on any atom is 0.238 e. The van der Waals surface area contributed by atoms with Gasteiger partial charge in [0.25, 0.3) is 0 Å². The van der Waals surface area contributed by atoms with Gasteiger partial charge in [0.05, 0.1) is 6.54 Å². The van der Waals surface area contributed by atoms with Gasteiger partial charge in [-0.25, -0.2) is 0 Å². The molecule has 122 valence electrons. The molecule has 1 amide bonds. The summed E-state index contributed by atoms with van der Waals surface area (Å²) in [4.78, 5) is 25.6. The molecule has 5 nitrogen and oxygen atoms in total. The highest BCUT2D eigenvalue weighted by Gasteiger charge is 2.20. The number of likely N-dealkylation sites (tertiary alicyclic amines) is 1. The Morgan fingerprint density at radius 1 is 1.41 bits per heavy atom. The predicted molar refractivity (Wildman–Crippen MR) is 90.5 cm³/mol. The lowest BCUT2D eigenvalue weighted by Gasteiger charge is -2.31. The second kappa shape index (κ2) is 8.88. The van der Waals surface area contributed by atoms with Gasteiger partial charge >= 0.3 is 0 Å². The van der Waals surface area contributed by atoms with Crippen molar-refractivity contribution in [3.63, 3.8) is 0 Å². The van der Waals surface area contributed by atoms with Crippen LogP contribution in [0.15, 0.2) is 24.3 Å². The Balaban J connectivity index is 0.00000242. The summed E-state index contributed by atoms with van der Waals surface area (Å²) in [6, 6.07) is 7.02. The highest BCUT2D eigenvalue weighted by molar-refractivity contribution is 5.97. The molecule has 0 radical (unpaired) electrons. The molecule has 1 aliphatic heterocycles. The molecule has 1 aliphatic rings. The van der Waals surface area contributed by atoms with E-state index in [1.165, 1.54) is 6.92 Å². The summed E-state index contributed by atoms with van der Waals surface area (Å²) < 4.78 is 0. The van der Waals surface area contributed by atoms with Gasteiger partial charge in [0.1, 0.15) is 0 Å². The van der Waals surface area contributed by atoms with E-state index in [0.717, 1.165) is 25.9 Å². The number of halogens is 1. The van der Waals surface area contributed by atoms with Crippen LogP contribution in [-0.4, -0.2) is 42.8 Å². The predicted octanol–water partition coefficient (Wildman–Crippen LogP) is 1.92. The number of nitrogens with zero attached hydrogens (tertiary/aromatic N) is 1. The van der Waals surface area contributed by atoms with Crippen molar-refractivity contribution < 1.29 is 9.59 Å². The number of anilines is 1. The molecule has 1 saturated heterocycles. The molecule has 2 rings (SSSR count). The van der Waals surface area contributed by atoms with E-state index in [1.807, 2.05) is 0 Å². The van der Waals surface area contributed by atoms with Gasteiger partial charge in [-0.1, -0.05) is 12.1 Å². The zero-order valence-electron chi connectivity index (χ0n) is 12.9. The third kappa shape index (κ3) is 5.40. The van der Waals surface area contributed by atoms with Crippen LogP contribution in [0.25, 0.3) is 0 Å². The number of hydrogen-bond donors (Lipinski definition) is 2. The molecule has 1 heterocycles. The Morgan fingerprint density at radius 3 is 2.86 bits per heavy atom. The van der Waals surface area contributed by atoms with Crippen LogP contribution in [0.5, 0.6) is 0 Å². The van der Waals surface area contributed by atoms with Crippen LogP contribution in [-0.2, 0) is 4.79 Å². The van der Waals surface area contributed by atoms with E-state index in [1.54, 1.807) is 24.3 Å². The van der Waals surface area contributed by atoms with Gasteiger partial charge in [-0.2, -0.15) is 0 Å². The normalized spacial score (nSPS) is 18.4. The molecule has 22 heavy (non-hydrogen) atoms. The molecule has 1 aromatic rings. The molecular formula is C16H24ClN3O2. The number of rotatable bonds is 5. The largest absolute Gasteiger partial charge is 0.330 e. The number of carbonyl (C=O) groups is 2. The van der Waals surface area contributed by atoms with Crippen LogP contribution in [0.4, 0.5) is 5.69 Å². The van der Waals surface area contributed by atoms with E-state index in [9.17, 15) is 9.59 Å². The van der Waals surface area contributed by atoms with Gasteiger partial charge in [0.2, 0.25) is 5.91 Å². The van der Waals surface area contributed by atoms with E-state index in [2.05, 4.69) is 10.2 Å². The van der Waals surface area contributed by atoms with Crippen LogP contribution in [0, 0.1) is 5.92 Å². The van der Waals surface area contributed by atoms with Crippen molar-refractivity contribution in [1.82, 2.24) is 4.90 Å². The fourth-order valence-electron chi connectivity index (χ4n) is 2.71. The zero-order valence-corrected chi connectivity index (χ0v) is 13.7. The molecule has 0 aliphatic carbocycles. The Morgan fingerprint density at radius 2 is 2.18 bits per heavy atom. The number of Topliss-reactive ketones (excluding diaryl/α,β-unsaturated/α-hetero) is 1. The van der Waals surface area contributed by atoms with E-state index < -0.39 is 0 Å². The minimum absolute atomic E-state index is 0. The Hall–Kier alpha value is -1.43. The summed E-state index contributed by atoms with van der Waals surface area (Å²) in [7, 11) is 0. The first-order valence-corrected chi connectivity index (χ1v) is 7.41. The molecule has 1 unspecified atom stereocenters. The monoisotopic (exact) mass is 325 g/mol. The summed E-state index contributed by atoms with van der Waals surface area (Å²) in [5.41, 5.74) is 6.98. The average Bonchev–Trinajstić information content (AvgIpc) is 2.47. The Kier molecular flexibility index (Phi) is 7.51. The molecule has 0 saturated carbocycles. The molecule has 0 bridgehead atoms. The Bertz CT molecular complexity index is 522. The highest BCUT2D eigenvalue weighted by atomic mass is 35.5. The van der Waals surface area contributed by atoms with Crippen LogP contribution in [0.1, 0.15) is 30.1 Å². The molecule has 1 fully saturated rings. The standard InChI is InChI=1S/C16H23N3O2.ClH/c1-12(20)14-5-2-6-15(8-14)18-16(21)11-19-7-3-4-13(9-17)10-19;/h2,5-6,8,13H,3-4,7,9-11,17H2,1H3,(H,18,21);1H. The number of ketones is 1. The fourth-order valence-corrected chi connectivity index (χ4v) is 2.71. The minimum atomic E-state index is -0.0478. The van der Waals surface area contributed by atoms with Gasteiger partial charge in [-0.15, -0.1) is 12.4 Å². The van der Waals surface area contributed by atoms with Gasteiger partial charge in [0.15, 0.2) is 5.78 Å². The number of nitrogens with one attached hydrogen (secondary N) is 1. The second-order valence-electron chi connectivity index (χ2n) is 5.66. The van der Waals surface area contributed by atoms with E-state index in [-0.39, 0.29) is 24.1 Å². The number of benzene rings is 1. The van der Waals surface area contributed by atoms with Gasteiger partial charge in [-0.3, -0.25) is 14.5 Å². The van der Waals surface area contributed by atoms with E-state index in [4.69, 9.17) is 5.73 Å². The second-order valence-corrected chi connectivity index (χ2v) is 5.66. The number of piperidine rings is 1. The smallest absolute Gasteiger partial charge is 0.238 e. The van der Waals surface area contributed by atoms with Gasteiger partial charge in [0, 0.05) is 17.8 Å². The van der Waals surface area contributed by atoms with Crippen molar-refractivity contribution in [2.24, 2.45) is 11.7 Å². The number of hydrogen-bond acceptors (Lipinski definition) is 4. The van der Waals surface area contributed by atoms with Crippen molar-refractivity contribution in [2.45, 2.75) is 19.8 Å². The average molecular weight is 326 g/mol. The first kappa shape index (κ1) is 18.6. The highest BCUT2D eigenvalue weighted by Crippen LogP contribution is 2.15. The lowest BCUT2D eigenvalue weighted by atomic mass is 9.98. The van der Waals surface area contributed by atoms with Crippen LogP contribution in [0.3, 0.4) is 0 Å². The van der Waals surface area contributed by atoms with Crippen LogP contribution >= 0.6 is 12.4 Å². The van der Waals surface area contributed by atoms with Crippen LogP contribution < -0.4 is 11.1 Å². The molecule has 3 N–H and O–H groups in total.